The zero-order valence-corrected chi connectivity index (χ0v) is 13.5. The summed E-state index contributed by atoms with van der Waals surface area (Å²) in [5, 5.41) is 3.90. The molecule has 19 heavy (non-hydrogen) atoms. The summed E-state index contributed by atoms with van der Waals surface area (Å²) < 4.78 is 2.14. The van der Waals surface area contributed by atoms with Crippen molar-refractivity contribution in [1.29, 1.82) is 0 Å². The summed E-state index contributed by atoms with van der Waals surface area (Å²) in [4.78, 5) is 6.87. The van der Waals surface area contributed by atoms with E-state index in [2.05, 4.69) is 67.3 Å². The lowest BCUT2D eigenvalue weighted by Crippen LogP contribution is -2.39. The Labute approximate surface area is 121 Å². The molecule has 0 fully saturated rings. The Morgan fingerprint density at radius 3 is 2.84 bits per heavy atom. The van der Waals surface area contributed by atoms with Crippen LogP contribution >= 0.6 is 11.8 Å². The minimum atomic E-state index is 0.553. The Kier molecular flexibility index (Phi) is 6.84. The summed E-state index contributed by atoms with van der Waals surface area (Å²) in [6.07, 6.45) is 4.20. The highest BCUT2D eigenvalue weighted by atomic mass is 32.2. The van der Waals surface area contributed by atoms with E-state index in [-0.39, 0.29) is 0 Å². The smallest absolute Gasteiger partial charge is 0.194 e. The third-order valence-corrected chi connectivity index (χ3v) is 4.00. The van der Waals surface area contributed by atoms with Crippen LogP contribution in [0, 0.1) is 0 Å². The van der Waals surface area contributed by atoms with E-state index >= 15 is 0 Å². The molecule has 1 aromatic heterocycles. The van der Waals surface area contributed by atoms with Gasteiger partial charge in [-0.15, -0.1) is 0 Å². The van der Waals surface area contributed by atoms with Crippen molar-refractivity contribution in [2.75, 3.05) is 26.4 Å². The highest BCUT2D eigenvalue weighted by molar-refractivity contribution is 7.99. The highest BCUT2D eigenvalue weighted by Gasteiger charge is 2.08. The topological polar surface area (TPSA) is 32.6 Å². The second kappa shape index (κ2) is 8.15. The largest absolute Gasteiger partial charge is 0.357 e. The number of aliphatic imine (C=N–C) groups is 1. The summed E-state index contributed by atoms with van der Waals surface area (Å²) in [6.45, 7) is 6.91. The van der Waals surface area contributed by atoms with Crippen LogP contribution in [0.4, 0.5) is 0 Å². The fourth-order valence-electron chi connectivity index (χ4n) is 1.74. The molecular formula is C14H26N4S. The molecule has 1 aromatic rings. The zero-order valence-electron chi connectivity index (χ0n) is 12.7. The molecule has 0 saturated carbocycles. The van der Waals surface area contributed by atoms with E-state index < -0.39 is 0 Å². The zero-order chi connectivity index (χ0) is 14.3. The molecule has 0 spiro atoms. The molecule has 1 unspecified atom stereocenters. The summed E-state index contributed by atoms with van der Waals surface area (Å²) in [5.41, 5.74) is 1.28. The summed E-state index contributed by atoms with van der Waals surface area (Å²) in [6, 6.07) is 4.22. The van der Waals surface area contributed by atoms with E-state index in [9.17, 15) is 0 Å². The molecule has 0 amide bonds. The predicted octanol–water partition coefficient (Wildman–Crippen LogP) is 2.17. The average Bonchev–Trinajstić information content (AvgIpc) is 2.79. The van der Waals surface area contributed by atoms with Gasteiger partial charge < -0.3 is 14.8 Å². The number of hydrogen-bond acceptors (Lipinski definition) is 2. The van der Waals surface area contributed by atoms with Crippen LogP contribution < -0.4 is 5.32 Å². The first-order valence-electron chi connectivity index (χ1n) is 6.71. The molecule has 0 aliphatic heterocycles. The predicted molar refractivity (Wildman–Crippen MR) is 85.8 cm³/mol. The monoisotopic (exact) mass is 282 g/mol. The lowest BCUT2D eigenvalue weighted by atomic mass is 10.4. The van der Waals surface area contributed by atoms with Gasteiger partial charge in [0.25, 0.3) is 0 Å². The fourth-order valence-corrected chi connectivity index (χ4v) is 1.96. The standard InChI is InChI=1S/C14H26N4S/c1-6-15-14(16-10-12(2)19-5)18(4)11-13-8-7-9-17(13)3/h7-9,12H,6,10-11H2,1-5H3,(H,15,16). The lowest BCUT2D eigenvalue weighted by molar-refractivity contribution is 0.462. The molecule has 108 valence electrons. The van der Waals surface area contributed by atoms with Crippen LogP contribution in [0.25, 0.3) is 0 Å². The van der Waals surface area contributed by atoms with Crippen molar-refractivity contribution in [3.05, 3.63) is 24.0 Å². The van der Waals surface area contributed by atoms with Crippen molar-refractivity contribution in [3.63, 3.8) is 0 Å². The number of hydrogen-bond donors (Lipinski definition) is 1. The Morgan fingerprint density at radius 1 is 1.58 bits per heavy atom. The van der Waals surface area contributed by atoms with Crippen LogP contribution in [0.1, 0.15) is 19.5 Å². The van der Waals surface area contributed by atoms with Gasteiger partial charge in [0.1, 0.15) is 0 Å². The molecular weight excluding hydrogens is 256 g/mol. The Morgan fingerprint density at radius 2 is 2.32 bits per heavy atom. The number of nitrogens with one attached hydrogen (secondary N) is 1. The second-order valence-electron chi connectivity index (χ2n) is 4.71. The van der Waals surface area contributed by atoms with Gasteiger partial charge in [-0.25, -0.2) is 0 Å². The van der Waals surface area contributed by atoms with Gasteiger partial charge in [-0.1, -0.05) is 6.92 Å². The minimum absolute atomic E-state index is 0.553. The molecule has 1 N–H and O–H groups in total. The van der Waals surface area contributed by atoms with Crippen LogP contribution in [0.2, 0.25) is 0 Å². The van der Waals surface area contributed by atoms with Crippen LogP contribution in [-0.2, 0) is 13.6 Å². The van der Waals surface area contributed by atoms with Crippen molar-refractivity contribution in [1.82, 2.24) is 14.8 Å². The summed E-state index contributed by atoms with van der Waals surface area (Å²) >= 11 is 1.85. The molecule has 1 atom stereocenters. The molecule has 0 aliphatic rings. The highest BCUT2D eigenvalue weighted by Crippen LogP contribution is 2.07. The molecule has 1 heterocycles. The van der Waals surface area contributed by atoms with Gasteiger partial charge in [0.05, 0.1) is 13.1 Å². The maximum absolute atomic E-state index is 4.70. The van der Waals surface area contributed by atoms with Crippen LogP contribution in [0.15, 0.2) is 23.3 Å². The van der Waals surface area contributed by atoms with Gasteiger partial charge in [0, 0.05) is 37.8 Å². The van der Waals surface area contributed by atoms with E-state index in [4.69, 9.17) is 4.99 Å². The first-order valence-corrected chi connectivity index (χ1v) is 7.99. The number of thioether (sulfide) groups is 1. The fraction of sp³-hybridized carbons (Fsp3) is 0.643. The molecule has 0 bridgehead atoms. The van der Waals surface area contributed by atoms with Crippen LogP contribution in [0.3, 0.4) is 0 Å². The number of aromatic nitrogens is 1. The SMILES string of the molecule is CCNC(=NCC(C)SC)N(C)Cc1cccn1C. The molecule has 0 saturated heterocycles. The van der Waals surface area contributed by atoms with E-state index in [0.717, 1.165) is 25.6 Å². The second-order valence-corrected chi connectivity index (χ2v) is 5.98. The van der Waals surface area contributed by atoms with Crippen molar-refractivity contribution in [3.8, 4) is 0 Å². The number of nitrogens with zero attached hydrogens (tertiary/aromatic N) is 3. The van der Waals surface area contributed by atoms with Gasteiger partial charge in [0.15, 0.2) is 5.96 Å². The maximum atomic E-state index is 4.70. The van der Waals surface area contributed by atoms with Crippen LogP contribution in [0.5, 0.6) is 0 Å². The van der Waals surface area contributed by atoms with Gasteiger partial charge >= 0.3 is 0 Å². The lowest BCUT2D eigenvalue weighted by Gasteiger charge is -2.22. The van der Waals surface area contributed by atoms with Crippen molar-refractivity contribution in [2.24, 2.45) is 12.0 Å². The average molecular weight is 282 g/mol. The summed E-state index contributed by atoms with van der Waals surface area (Å²) in [5.74, 6) is 0.976. The Balaban J connectivity index is 2.67. The van der Waals surface area contributed by atoms with Gasteiger partial charge in [-0.3, -0.25) is 4.99 Å². The van der Waals surface area contributed by atoms with E-state index in [1.165, 1.54) is 5.69 Å². The molecule has 0 radical (unpaired) electrons. The first-order chi connectivity index (χ1) is 9.08. The molecule has 5 heteroatoms. The third-order valence-electron chi connectivity index (χ3n) is 3.05. The van der Waals surface area contributed by atoms with Crippen molar-refractivity contribution in [2.45, 2.75) is 25.6 Å². The number of rotatable bonds is 6. The third kappa shape index (κ3) is 5.19. The minimum Gasteiger partial charge on any atom is -0.357 e. The normalized spacial score (nSPS) is 13.4. The van der Waals surface area contributed by atoms with Gasteiger partial charge in [0.2, 0.25) is 0 Å². The molecule has 4 nitrogen and oxygen atoms in total. The summed E-state index contributed by atoms with van der Waals surface area (Å²) in [7, 11) is 4.15. The number of aryl methyl sites for hydroxylation is 1. The van der Waals surface area contributed by atoms with E-state index in [1.54, 1.807) is 0 Å². The molecule has 1 rings (SSSR count). The molecule has 0 aromatic carbocycles. The van der Waals surface area contributed by atoms with Crippen molar-refractivity contribution < 1.29 is 0 Å². The maximum Gasteiger partial charge on any atom is 0.194 e. The van der Waals surface area contributed by atoms with Gasteiger partial charge in [-0.05, 0) is 25.3 Å². The number of guanidine groups is 1. The van der Waals surface area contributed by atoms with Gasteiger partial charge in [-0.2, -0.15) is 11.8 Å². The molecule has 0 aliphatic carbocycles. The first kappa shape index (κ1) is 16.0. The van der Waals surface area contributed by atoms with E-state index in [0.29, 0.717) is 5.25 Å². The van der Waals surface area contributed by atoms with Crippen molar-refractivity contribution >= 4 is 17.7 Å². The Hall–Kier alpha value is -1.10. The van der Waals surface area contributed by atoms with Crippen LogP contribution in [-0.4, -0.2) is 47.1 Å². The Bertz CT molecular complexity index is 400. The van der Waals surface area contributed by atoms with E-state index in [1.807, 2.05) is 11.8 Å². The quantitative estimate of drug-likeness (QED) is 0.641.